The van der Waals surface area contributed by atoms with Crippen LogP contribution < -0.4 is 5.32 Å². The number of carbonyl (C=O) groups is 1. The second-order valence-electron chi connectivity index (χ2n) is 5.07. The summed E-state index contributed by atoms with van der Waals surface area (Å²) in [6.07, 6.45) is 7.04. The number of anilines is 1. The molecule has 108 valence electrons. The number of nitrogens with one attached hydrogen (secondary N) is 1. The quantitative estimate of drug-likeness (QED) is 0.651. The first-order valence-corrected chi connectivity index (χ1v) is 6.69. The van der Waals surface area contributed by atoms with Gasteiger partial charge >= 0.3 is 0 Å². The van der Waals surface area contributed by atoms with Crippen molar-refractivity contribution in [3.8, 4) is 5.75 Å². The molecule has 1 aliphatic rings. The predicted octanol–water partition coefficient (Wildman–Crippen LogP) is 2.60. The summed E-state index contributed by atoms with van der Waals surface area (Å²) < 4.78 is 0. The Morgan fingerprint density at radius 1 is 1.45 bits per heavy atom. The zero-order valence-electron chi connectivity index (χ0n) is 11.0. The van der Waals surface area contributed by atoms with Gasteiger partial charge in [-0.3, -0.25) is 14.9 Å². The highest BCUT2D eigenvalue weighted by Gasteiger charge is 2.19. The largest absolute Gasteiger partial charge is 0.504 e. The maximum absolute atomic E-state index is 11.9. The van der Waals surface area contributed by atoms with Crippen molar-refractivity contribution in [3.63, 3.8) is 0 Å². The monoisotopic (exact) mass is 279 g/mol. The summed E-state index contributed by atoms with van der Waals surface area (Å²) in [6, 6.07) is 0.975. The Morgan fingerprint density at radius 3 is 2.75 bits per heavy atom. The van der Waals surface area contributed by atoms with Gasteiger partial charge in [-0.05, 0) is 18.8 Å². The lowest BCUT2D eigenvalue weighted by molar-refractivity contribution is -0.385. The molecule has 2 rings (SSSR count). The zero-order chi connectivity index (χ0) is 14.5. The molecule has 1 aromatic heterocycles. The number of nitrogens with zero attached hydrogens (tertiary/aromatic N) is 2. The Balaban J connectivity index is 1.95. The van der Waals surface area contributed by atoms with Crippen molar-refractivity contribution in [1.82, 2.24) is 4.98 Å². The van der Waals surface area contributed by atoms with Crippen molar-refractivity contribution in [1.29, 1.82) is 0 Å². The van der Waals surface area contributed by atoms with Crippen LogP contribution >= 0.6 is 0 Å². The summed E-state index contributed by atoms with van der Waals surface area (Å²) >= 11 is 0. The van der Waals surface area contributed by atoms with Crippen molar-refractivity contribution in [3.05, 3.63) is 22.4 Å². The summed E-state index contributed by atoms with van der Waals surface area (Å²) in [5.74, 6) is -0.259. The molecule has 7 nitrogen and oxygen atoms in total. The van der Waals surface area contributed by atoms with Crippen molar-refractivity contribution >= 4 is 17.4 Å². The van der Waals surface area contributed by atoms with Gasteiger partial charge in [-0.25, -0.2) is 4.98 Å². The highest BCUT2D eigenvalue weighted by molar-refractivity contribution is 5.91. The lowest BCUT2D eigenvalue weighted by Crippen LogP contribution is -2.19. The number of hydrogen-bond donors (Lipinski definition) is 2. The number of pyridine rings is 1. The van der Waals surface area contributed by atoms with Crippen LogP contribution in [0.25, 0.3) is 0 Å². The molecule has 0 unspecified atom stereocenters. The third-order valence-electron chi connectivity index (χ3n) is 3.52. The number of aromatic nitrogens is 1. The normalized spacial score (nSPS) is 15.8. The Kier molecular flexibility index (Phi) is 4.49. The fourth-order valence-corrected chi connectivity index (χ4v) is 2.48. The van der Waals surface area contributed by atoms with Crippen LogP contribution in [0.2, 0.25) is 0 Å². The van der Waals surface area contributed by atoms with E-state index in [2.05, 4.69) is 10.3 Å². The third kappa shape index (κ3) is 3.66. The maximum Gasteiger partial charge on any atom is 0.291 e. The molecule has 1 heterocycles. The van der Waals surface area contributed by atoms with E-state index in [1.165, 1.54) is 6.42 Å². The van der Waals surface area contributed by atoms with Gasteiger partial charge in [-0.1, -0.05) is 19.3 Å². The molecule has 1 saturated carbocycles. The fourth-order valence-electron chi connectivity index (χ4n) is 2.48. The number of hydrogen-bond acceptors (Lipinski definition) is 5. The van der Waals surface area contributed by atoms with Crippen LogP contribution in [0.4, 0.5) is 11.5 Å². The number of rotatable bonds is 4. The maximum atomic E-state index is 11.9. The van der Waals surface area contributed by atoms with Crippen molar-refractivity contribution in [2.75, 3.05) is 5.32 Å². The van der Waals surface area contributed by atoms with E-state index >= 15 is 0 Å². The molecule has 0 aromatic carbocycles. The summed E-state index contributed by atoms with van der Waals surface area (Å²) in [4.78, 5) is 25.4. The minimum atomic E-state index is -0.652. The zero-order valence-corrected chi connectivity index (χ0v) is 11.0. The van der Waals surface area contributed by atoms with E-state index in [1.807, 2.05) is 0 Å². The second-order valence-corrected chi connectivity index (χ2v) is 5.07. The van der Waals surface area contributed by atoms with E-state index in [0.29, 0.717) is 12.3 Å². The molecule has 0 bridgehead atoms. The van der Waals surface area contributed by atoms with Gasteiger partial charge in [0.05, 0.1) is 11.0 Å². The summed E-state index contributed by atoms with van der Waals surface area (Å²) in [7, 11) is 0. The summed E-state index contributed by atoms with van der Waals surface area (Å²) in [5, 5.41) is 22.6. The molecule has 1 amide bonds. The Morgan fingerprint density at radius 2 is 2.15 bits per heavy atom. The van der Waals surface area contributed by atoms with Crippen LogP contribution in [0.1, 0.15) is 38.5 Å². The molecule has 0 radical (unpaired) electrons. The Hall–Kier alpha value is -2.18. The molecule has 1 aliphatic carbocycles. The van der Waals surface area contributed by atoms with E-state index < -0.39 is 10.7 Å². The minimum absolute atomic E-state index is 0.0311. The molecule has 20 heavy (non-hydrogen) atoms. The van der Waals surface area contributed by atoms with Gasteiger partial charge in [0.1, 0.15) is 6.20 Å². The number of amides is 1. The molecule has 1 fully saturated rings. The average Bonchev–Trinajstić information content (AvgIpc) is 2.42. The van der Waals surface area contributed by atoms with E-state index in [0.717, 1.165) is 37.9 Å². The van der Waals surface area contributed by atoms with Gasteiger partial charge in [0.15, 0.2) is 11.6 Å². The summed E-state index contributed by atoms with van der Waals surface area (Å²) in [6.45, 7) is 0. The third-order valence-corrected chi connectivity index (χ3v) is 3.52. The number of nitro groups is 1. The molecule has 7 heteroatoms. The Labute approximate surface area is 116 Å². The minimum Gasteiger partial charge on any atom is -0.504 e. The first-order chi connectivity index (χ1) is 9.56. The number of aromatic hydroxyl groups is 1. The van der Waals surface area contributed by atoms with E-state index in [1.54, 1.807) is 0 Å². The smallest absolute Gasteiger partial charge is 0.291 e. The highest BCUT2D eigenvalue weighted by atomic mass is 16.6. The topological polar surface area (TPSA) is 105 Å². The van der Waals surface area contributed by atoms with E-state index in [-0.39, 0.29) is 17.4 Å². The highest BCUT2D eigenvalue weighted by Crippen LogP contribution is 2.28. The van der Waals surface area contributed by atoms with E-state index in [9.17, 15) is 20.0 Å². The van der Waals surface area contributed by atoms with Crippen LogP contribution in [-0.2, 0) is 4.79 Å². The fraction of sp³-hybridized carbons (Fsp3) is 0.538. The molecule has 0 atom stereocenters. The molecule has 1 aromatic rings. The van der Waals surface area contributed by atoms with Crippen molar-refractivity contribution in [2.45, 2.75) is 38.5 Å². The van der Waals surface area contributed by atoms with Crippen LogP contribution in [0.15, 0.2) is 12.3 Å². The second kappa shape index (κ2) is 6.31. The number of carbonyl (C=O) groups excluding carboxylic acids is 1. The molecule has 0 saturated heterocycles. The van der Waals surface area contributed by atoms with Crippen molar-refractivity contribution in [2.24, 2.45) is 5.92 Å². The van der Waals surface area contributed by atoms with Gasteiger partial charge in [0.2, 0.25) is 5.91 Å². The van der Waals surface area contributed by atoms with Crippen LogP contribution in [0.3, 0.4) is 0 Å². The Bertz CT molecular complexity index is 512. The van der Waals surface area contributed by atoms with Crippen LogP contribution in [0.5, 0.6) is 5.75 Å². The first-order valence-electron chi connectivity index (χ1n) is 6.69. The SMILES string of the molecule is O=C(CC1CCCCC1)Nc1ncc([N+](=O)[O-])cc1O. The molecular formula is C13H17N3O4. The van der Waals surface area contributed by atoms with Crippen LogP contribution in [-0.4, -0.2) is 20.9 Å². The molecule has 0 aliphatic heterocycles. The molecular weight excluding hydrogens is 262 g/mol. The van der Waals surface area contributed by atoms with Crippen LogP contribution in [0, 0.1) is 16.0 Å². The molecule has 2 N–H and O–H groups in total. The predicted molar refractivity (Wildman–Crippen MR) is 72.4 cm³/mol. The van der Waals surface area contributed by atoms with Crippen molar-refractivity contribution < 1.29 is 14.8 Å². The summed E-state index contributed by atoms with van der Waals surface area (Å²) in [5.41, 5.74) is -0.312. The van der Waals surface area contributed by atoms with Gasteiger partial charge in [-0.2, -0.15) is 0 Å². The lowest BCUT2D eigenvalue weighted by Gasteiger charge is -2.20. The first kappa shape index (κ1) is 14.2. The average molecular weight is 279 g/mol. The van der Waals surface area contributed by atoms with Gasteiger partial charge in [-0.15, -0.1) is 0 Å². The van der Waals surface area contributed by atoms with Gasteiger partial charge < -0.3 is 10.4 Å². The molecule has 0 spiro atoms. The van der Waals surface area contributed by atoms with Gasteiger partial charge in [0.25, 0.3) is 5.69 Å². The van der Waals surface area contributed by atoms with Gasteiger partial charge in [0, 0.05) is 6.42 Å². The standard InChI is InChI=1S/C13H17N3O4/c17-11-7-10(16(19)20)8-14-13(11)15-12(18)6-9-4-2-1-3-5-9/h7-9,17H,1-6H2,(H,14,15,18). The lowest BCUT2D eigenvalue weighted by atomic mass is 9.87. The van der Waals surface area contributed by atoms with E-state index in [4.69, 9.17) is 0 Å².